The predicted octanol–water partition coefficient (Wildman–Crippen LogP) is 3.75. The second-order valence-corrected chi connectivity index (χ2v) is 5.88. The topological polar surface area (TPSA) is 81.3 Å². The summed E-state index contributed by atoms with van der Waals surface area (Å²) in [6.45, 7) is 1.99. The van der Waals surface area contributed by atoms with Gasteiger partial charge in [-0.05, 0) is 24.1 Å². The van der Waals surface area contributed by atoms with Crippen molar-refractivity contribution in [3.05, 3.63) is 53.5 Å². The lowest BCUT2D eigenvalue weighted by Gasteiger charge is -2.05. The van der Waals surface area contributed by atoms with Crippen LogP contribution in [0.1, 0.15) is 12.8 Å². The third-order valence-corrected chi connectivity index (χ3v) is 3.54. The Kier molecular flexibility index (Phi) is 5.08. The van der Waals surface area contributed by atoms with Crippen LogP contribution in [0.3, 0.4) is 0 Å². The highest BCUT2D eigenvalue weighted by molar-refractivity contribution is 6.30. The number of hydrogen-bond acceptors (Lipinski definition) is 6. The van der Waals surface area contributed by atoms with Crippen LogP contribution in [0, 0.1) is 5.92 Å². The summed E-state index contributed by atoms with van der Waals surface area (Å²) >= 11 is 5.81. The molecular weight excluding hydrogens is 330 g/mol. The zero-order valence-electron chi connectivity index (χ0n) is 13.0. The minimum Gasteiger partial charge on any atom is -0.439 e. The van der Waals surface area contributed by atoms with Crippen molar-refractivity contribution in [1.82, 2.24) is 15.1 Å². The van der Waals surface area contributed by atoms with Crippen LogP contribution in [-0.2, 0) is 6.42 Å². The van der Waals surface area contributed by atoms with Gasteiger partial charge in [0.05, 0.1) is 5.02 Å². The number of ether oxygens (including phenoxy) is 1. The van der Waals surface area contributed by atoms with E-state index in [1.54, 1.807) is 18.2 Å². The lowest BCUT2D eigenvalue weighted by molar-refractivity contribution is 0.225. The van der Waals surface area contributed by atoms with Gasteiger partial charge in [0.25, 0.3) is 0 Å². The van der Waals surface area contributed by atoms with Crippen molar-refractivity contribution in [2.75, 3.05) is 6.61 Å². The van der Waals surface area contributed by atoms with E-state index in [1.807, 2.05) is 25.1 Å². The Hall–Kier alpha value is -2.44. The molecule has 0 radical (unpaired) electrons. The first kappa shape index (κ1) is 16.4. The van der Waals surface area contributed by atoms with Crippen LogP contribution >= 0.6 is 11.6 Å². The molecule has 1 aromatic carbocycles. The number of benzene rings is 1. The highest BCUT2D eigenvalue weighted by Gasteiger charge is 2.12. The summed E-state index contributed by atoms with van der Waals surface area (Å²) in [7, 11) is 0. The molecule has 0 saturated heterocycles. The molecule has 0 aliphatic carbocycles. The number of hydrogen-bond donors (Lipinski definition) is 1. The van der Waals surface area contributed by atoms with Crippen LogP contribution in [0.5, 0.6) is 11.6 Å². The number of aliphatic hydroxyl groups is 1. The zero-order valence-corrected chi connectivity index (χ0v) is 13.8. The Morgan fingerprint density at radius 2 is 2.17 bits per heavy atom. The van der Waals surface area contributed by atoms with E-state index >= 15 is 0 Å². The van der Waals surface area contributed by atoms with Crippen LogP contribution in [-0.4, -0.2) is 26.8 Å². The van der Waals surface area contributed by atoms with Crippen molar-refractivity contribution < 1.29 is 14.4 Å². The van der Waals surface area contributed by atoms with E-state index in [4.69, 9.17) is 26.0 Å². The van der Waals surface area contributed by atoms with E-state index in [0.29, 0.717) is 34.8 Å². The summed E-state index contributed by atoms with van der Waals surface area (Å²) in [6, 6.07) is 10.7. The molecular formula is C17H16ClN3O3. The summed E-state index contributed by atoms with van der Waals surface area (Å²) in [4.78, 5) is 8.45. The number of halogens is 1. The maximum absolute atomic E-state index is 9.09. The standard InChI is InChI=1S/C17H16ClN3O3/c1-11(10-22)7-16-20-17(21-24-16)12-3-2-4-14(8-12)23-15-6-5-13(18)9-19-15/h2-6,8-9,11,22H,7,10H2,1H3/t11-/m0/s1. The number of aliphatic hydroxyl groups excluding tert-OH is 1. The molecule has 0 saturated carbocycles. The average molecular weight is 346 g/mol. The molecule has 0 bridgehead atoms. The fourth-order valence-corrected chi connectivity index (χ4v) is 2.17. The molecule has 0 unspecified atom stereocenters. The molecule has 3 rings (SSSR count). The van der Waals surface area contributed by atoms with E-state index in [-0.39, 0.29) is 12.5 Å². The first-order valence-electron chi connectivity index (χ1n) is 7.47. The highest BCUT2D eigenvalue weighted by atomic mass is 35.5. The predicted molar refractivity (Wildman–Crippen MR) is 89.0 cm³/mol. The Morgan fingerprint density at radius 3 is 2.92 bits per heavy atom. The molecule has 24 heavy (non-hydrogen) atoms. The summed E-state index contributed by atoms with van der Waals surface area (Å²) in [6.07, 6.45) is 2.06. The third kappa shape index (κ3) is 4.10. The quantitative estimate of drug-likeness (QED) is 0.732. The van der Waals surface area contributed by atoms with Gasteiger partial charge in [-0.1, -0.05) is 35.8 Å². The van der Waals surface area contributed by atoms with Gasteiger partial charge in [-0.15, -0.1) is 0 Å². The number of pyridine rings is 1. The van der Waals surface area contributed by atoms with Gasteiger partial charge in [-0.3, -0.25) is 0 Å². The molecule has 1 N–H and O–H groups in total. The van der Waals surface area contributed by atoms with Crippen LogP contribution in [0.4, 0.5) is 0 Å². The van der Waals surface area contributed by atoms with E-state index < -0.39 is 0 Å². The molecule has 0 spiro atoms. The third-order valence-electron chi connectivity index (χ3n) is 3.32. The summed E-state index contributed by atoms with van der Waals surface area (Å²) in [5.41, 5.74) is 0.771. The van der Waals surface area contributed by atoms with Crippen molar-refractivity contribution >= 4 is 11.6 Å². The average Bonchev–Trinajstić information content (AvgIpc) is 3.05. The van der Waals surface area contributed by atoms with Gasteiger partial charge < -0.3 is 14.4 Å². The minimum atomic E-state index is 0.0731. The second kappa shape index (κ2) is 7.42. The van der Waals surface area contributed by atoms with Crippen LogP contribution in [0.25, 0.3) is 11.4 Å². The number of nitrogens with zero attached hydrogens (tertiary/aromatic N) is 3. The largest absolute Gasteiger partial charge is 0.439 e. The van der Waals surface area contributed by atoms with Crippen LogP contribution in [0.2, 0.25) is 5.02 Å². The maximum Gasteiger partial charge on any atom is 0.227 e. The second-order valence-electron chi connectivity index (χ2n) is 5.45. The first-order chi connectivity index (χ1) is 11.6. The number of rotatable bonds is 6. The zero-order chi connectivity index (χ0) is 16.9. The van der Waals surface area contributed by atoms with Crippen LogP contribution < -0.4 is 4.74 Å². The van der Waals surface area contributed by atoms with E-state index in [0.717, 1.165) is 5.56 Å². The van der Waals surface area contributed by atoms with E-state index in [1.165, 1.54) is 6.20 Å². The molecule has 6 nitrogen and oxygen atoms in total. The molecule has 0 aliphatic rings. The van der Waals surface area contributed by atoms with Crippen molar-refractivity contribution in [3.63, 3.8) is 0 Å². The normalized spacial score (nSPS) is 12.1. The van der Waals surface area contributed by atoms with Gasteiger partial charge >= 0.3 is 0 Å². The van der Waals surface area contributed by atoms with Gasteiger partial charge in [0.1, 0.15) is 5.75 Å². The SMILES string of the molecule is C[C@H](CO)Cc1nc(-c2cccc(Oc3ccc(Cl)cn3)c2)no1. The van der Waals surface area contributed by atoms with E-state index in [2.05, 4.69) is 15.1 Å². The fraction of sp³-hybridized carbons (Fsp3) is 0.235. The summed E-state index contributed by atoms with van der Waals surface area (Å²) in [5, 5.41) is 13.6. The van der Waals surface area contributed by atoms with Gasteiger partial charge in [0.2, 0.25) is 17.6 Å². The van der Waals surface area contributed by atoms with Crippen molar-refractivity contribution in [1.29, 1.82) is 0 Å². The summed E-state index contributed by atoms with van der Waals surface area (Å²) < 4.78 is 10.9. The molecule has 124 valence electrons. The monoisotopic (exact) mass is 345 g/mol. The Labute approximate surface area is 144 Å². The molecule has 0 aliphatic heterocycles. The Morgan fingerprint density at radius 1 is 1.29 bits per heavy atom. The molecule has 3 aromatic rings. The van der Waals surface area contributed by atoms with E-state index in [9.17, 15) is 0 Å². The molecule has 0 fully saturated rings. The van der Waals surface area contributed by atoms with Crippen molar-refractivity contribution in [2.45, 2.75) is 13.3 Å². The van der Waals surface area contributed by atoms with Gasteiger partial charge in [-0.2, -0.15) is 4.98 Å². The van der Waals surface area contributed by atoms with Crippen molar-refractivity contribution in [2.24, 2.45) is 5.92 Å². The number of aromatic nitrogens is 3. The Balaban J connectivity index is 1.76. The van der Waals surface area contributed by atoms with Crippen LogP contribution in [0.15, 0.2) is 47.1 Å². The van der Waals surface area contributed by atoms with Gasteiger partial charge in [0.15, 0.2) is 0 Å². The molecule has 1 atom stereocenters. The fourth-order valence-electron chi connectivity index (χ4n) is 2.06. The molecule has 7 heteroatoms. The van der Waals surface area contributed by atoms with Crippen molar-refractivity contribution in [3.8, 4) is 23.0 Å². The smallest absolute Gasteiger partial charge is 0.227 e. The minimum absolute atomic E-state index is 0.0731. The Bertz CT molecular complexity index is 805. The molecule has 2 heterocycles. The lowest BCUT2D eigenvalue weighted by Crippen LogP contribution is -2.04. The molecule has 2 aromatic heterocycles. The first-order valence-corrected chi connectivity index (χ1v) is 7.85. The summed E-state index contributed by atoms with van der Waals surface area (Å²) in [5.74, 6) is 2.10. The lowest BCUT2D eigenvalue weighted by atomic mass is 10.1. The highest BCUT2D eigenvalue weighted by Crippen LogP contribution is 2.25. The molecule has 0 amide bonds. The van der Waals surface area contributed by atoms with Gasteiger partial charge in [0, 0.05) is 30.9 Å². The maximum atomic E-state index is 9.09. The van der Waals surface area contributed by atoms with Gasteiger partial charge in [-0.25, -0.2) is 4.98 Å².